The van der Waals surface area contributed by atoms with Crippen LogP contribution < -0.4 is 5.73 Å². The molecule has 0 bridgehead atoms. The highest BCUT2D eigenvalue weighted by Gasteiger charge is 2.33. The van der Waals surface area contributed by atoms with Crippen LogP contribution in [0.1, 0.15) is 0 Å². The van der Waals surface area contributed by atoms with Crippen LogP contribution in [-0.4, -0.2) is 38.5 Å². The molecule has 0 amide bonds. The van der Waals surface area contributed by atoms with Gasteiger partial charge in [-0.2, -0.15) is 9.57 Å². The van der Waals surface area contributed by atoms with Crippen LogP contribution >= 0.6 is 11.6 Å². The molecule has 2 rings (SSSR count). The van der Waals surface area contributed by atoms with Crippen molar-refractivity contribution in [3.05, 3.63) is 23.2 Å². The van der Waals surface area contributed by atoms with E-state index in [-0.39, 0.29) is 35.3 Å². The number of morpholine rings is 1. The van der Waals surface area contributed by atoms with Gasteiger partial charge in [-0.05, 0) is 12.1 Å². The van der Waals surface area contributed by atoms with Gasteiger partial charge in [-0.1, -0.05) is 17.7 Å². The monoisotopic (exact) mass is 301 g/mol. The lowest BCUT2D eigenvalue weighted by Gasteiger charge is -2.29. The molecule has 19 heavy (non-hydrogen) atoms. The lowest BCUT2D eigenvalue weighted by Crippen LogP contribution is -2.45. The fourth-order valence-electron chi connectivity index (χ4n) is 1.85. The molecule has 1 saturated heterocycles. The Labute approximate surface area is 116 Å². The molecular weight excluding hydrogens is 290 g/mol. The van der Waals surface area contributed by atoms with E-state index in [0.717, 1.165) is 0 Å². The SMILES string of the molecule is N#CC1CN(S(=O)(=O)c2c(N)cccc2Cl)CCO1. The third-order valence-corrected chi connectivity index (χ3v) is 5.18. The molecule has 0 spiro atoms. The minimum Gasteiger partial charge on any atom is -0.398 e. The van der Waals surface area contributed by atoms with Gasteiger partial charge in [-0.25, -0.2) is 8.42 Å². The molecule has 1 aromatic carbocycles. The van der Waals surface area contributed by atoms with E-state index in [9.17, 15) is 8.42 Å². The Morgan fingerprint density at radius 2 is 2.26 bits per heavy atom. The van der Waals surface area contributed by atoms with Crippen LogP contribution in [0.25, 0.3) is 0 Å². The molecular formula is C11H12ClN3O3S. The summed E-state index contributed by atoms with van der Waals surface area (Å²) in [5, 5.41) is 8.88. The number of nitrogens with zero attached hydrogens (tertiary/aromatic N) is 2. The van der Waals surface area contributed by atoms with Crippen molar-refractivity contribution in [3.8, 4) is 6.07 Å². The Hall–Kier alpha value is -1.33. The summed E-state index contributed by atoms with van der Waals surface area (Å²) in [6, 6.07) is 6.41. The Kier molecular flexibility index (Phi) is 3.96. The number of benzene rings is 1. The van der Waals surface area contributed by atoms with Crippen LogP contribution in [-0.2, 0) is 14.8 Å². The molecule has 1 heterocycles. The van der Waals surface area contributed by atoms with Gasteiger partial charge < -0.3 is 10.5 Å². The van der Waals surface area contributed by atoms with Crippen LogP contribution in [0.5, 0.6) is 0 Å². The summed E-state index contributed by atoms with van der Waals surface area (Å²) in [5.41, 5.74) is 5.79. The minimum atomic E-state index is -3.82. The van der Waals surface area contributed by atoms with Crippen LogP contribution in [0, 0.1) is 11.3 Å². The summed E-state index contributed by atoms with van der Waals surface area (Å²) in [7, 11) is -3.82. The zero-order chi connectivity index (χ0) is 14.0. The van der Waals surface area contributed by atoms with Crippen molar-refractivity contribution in [1.29, 1.82) is 5.26 Å². The molecule has 1 fully saturated rings. The van der Waals surface area contributed by atoms with Crippen LogP contribution in [0.15, 0.2) is 23.1 Å². The van der Waals surface area contributed by atoms with Crippen LogP contribution in [0.2, 0.25) is 5.02 Å². The first kappa shape index (κ1) is 14.1. The predicted molar refractivity (Wildman–Crippen MR) is 70.0 cm³/mol. The Bertz CT molecular complexity index is 606. The summed E-state index contributed by atoms with van der Waals surface area (Å²) >= 11 is 5.92. The van der Waals surface area contributed by atoms with Crippen molar-refractivity contribution in [1.82, 2.24) is 4.31 Å². The number of rotatable bonds is 2. The Morgan fingerprint density at radius 1 is 1.53 bits per heavy atom. The van der Waals surface area contributed by atoms with Crippen molar-refractivity contribution in [2.24, 2.45) is 0 Å². The number of sulfonamides is 1. The van der Waals surface area contributed by atoms with Crippen molar-refractivity contribution >= 4 is 27.3 Å². The molecule has 1 aliphatic rings. The van der Waals surface area contributed by atoms with Crippen molar-refractivity contribution < 1.29 is 13.2 Å². The van der Waals surface area contributed by atoms with Crippen molar-refractivity contribution in [3.63, 3.8) is 0 Å². The maximum absolute atomic E-state index is 12.5. The van der Waals surface area contributed by atoms with E-state index in [2.05, 4.69) is 0 Å². The topological polar surface area (TPSA) is 96.4 Å². The molecule has 0 saturated carbocycles. The predicted octanol–water partition coefficient (Wildman–Crippen LogP) is 0.835. The van der Waals surface area contributed by atoms with E-state index in [1.807, 2.05) is 6.07 Å². The number of halogens is 1. The molecule has 2 N–H and O–H groups in total. The van der Waals surface area contributed by atoms with Gasteiger partial charge in [0, 0.05) is 6.54 Å². The number of nitriles is 1. The number of nitrogens with two attached hydrogens (primary N) is 1. The number of nitrogen functional groups attached to an aromatic ring is 1. The number of hydrogen-bond acceptors (Lipinski definition) is 5. The molecule has 1 unspecified atom stereocenters. The molecule has 8 heteroatoms. The Balaban J connectivity index is 2.40. The zero-order valence-electron chi connectivity index (χ0n) is 9.91. The number of anilines is 1. The third-order valence-electron chi connectivity index (χ3n) is 2.77. The smallest absolute Gasteiger partial charge is 0.246 e. The molecule has 1 atom stereocenters. The third kappa shape index (κ3) is 2.67. The van der Waals surface area contributed by atoms with Gasteiger partial charge >= 0.3 is 0 Å². The van der Waals surface area contributed by atoms with E-state index in [4.69, 9.17) is 27.3 Å². The normalized spacial score (nSPS) is 20.9. The van der Waals surface area contributed by atoms with Crippen LogP contribution in [0.3, 0.4) is 0 Å². The summed E-state index contributed by atoms with van der Waals surface area (Å²) < 4.78 is 31.3. The average Bonchev–Trinajstić information content (AvgIpc) is 2.38. The van der Waals surface area contributed by atoms with Crippen LogP contribution in [0.4, 0.5) is 5.69 Å². The van der Waals surface area contributed by atoms with Gasteiger partial charge in [0.15, 0.2) is 6.10 Å². The first-order valence-electron chi connectivity index (χ1n) is 5.52. The minimum absolute atomic E-state index is 0.0243. The maximum atomic E-state index is 12.5. The van der Waals surface area contributed by atoms with E-state index < -0.39 is 16.1 Å². The molecule has 0 radical (unpaired) electrons. The number of hydrogen-bond donors (Lipinski definition) is 1. The summed E-state index contributed by atoms with van der Waals surface area (Å²) in [4.78, 5) is -0.116. The largest absolute Gasteiger partial charge is 0.398 e. The summed E-state index contributed by atoms with van der Waals surface area (Å²) in [5.74, 6) is 0. The second-order valence-corrected chi connectivity index (χ2v) is 6.29. The first-order valence-corrected chi connectivity index (χ1v) is 7.34. The van der Waals surface area contributed by atoms with Gasteiger partial charge in [-0.3, -0.25) is 0 Å². The molecule has 1 aromatic rings. The van der Waals surface area contributed by atoms with Gasteiger partial charge in [0.25, 0.3) is 0 Å². The van der Waals surface area contributed by atoms with Gasteiger partial charge in [0.1, 0.15) is 4.90 Å². The van der Waals surface area contributed by atoms with E-state index >= 15 is 0 Å². The standard InChI is InChI=1S/C11H12ClN3O3S/c12-9-2-1-3-10(14)11(9)19(16,17)15-4-5-18-8(6-13)7-15/h1-3,8H,4-5,7,14H2. The fourth-order valence-corrected chi connectivity index (χ4v) is 3.91. The van der Waals surface area contributed by atoms with Crippen molar-refractivity contribution in [2.45, 2.75) is 11.0 Å². The Morgan fingerprint density at radius 3 is 2.89 bits per heavy atom. The molecule has 1 aliphatic heterocycles. The van der Waals surface area contributed by atoms with E-state index in [0.29, 0.717) is 0 Å². The highest BCUT2D eigenvalue weighted by molar-refractivity contribution is 7.89. The van der Waals surface area contributed by atoms with E-state index in [1.165, 1.54) is 16.4 Å². The van der Waals surface area contributed by atoms with Crippen molar-refractivity contribution in [2.75, 3.05) is 25.4 Å². The quantitative estimate of drug-likeness (QED) is 0.816. The molecule has 6 nitrogen and oxygen atoms in total. The lowest BCUT2D eigenvalue weighted by atomic mass is 10.3. The first-order chi connectivity index (χ1) is 8.96. The zero-order valence-corrected chi connectivity index (χ0v) is 11.5. The van der Waals surface area contributed by atoms with E-state index in [1.54, 1.807) is 6.07 Å². The lowest BCUT2D eigenvalue weighted by molar-refractivity contribution is 0.0311. The molecule has 102 valence electrons. The highest BCUT2D eigenvalue weighted by atomic mass is 35.5. The maximum Gasteiger partial charge on any atom is 0.246 e. The van der Waals surface area contributed by atoms with Gasteiger partial charge in [0.05, 0.1) is 29.9 Å². The second-order valence-electron chi connectivity index (χ2n) is 4.01. The van der Waals surface area contributed by atoms with Gasteiger partial charge in [0.2, 0.25) is 10.0 Å². The van der Waals surface area contributed by atoms with Gasteiger partial charge in [-0.15, -0.1) is 0 Å². The summed E-state index contributed by atoms with van der Waals surface area (Å²) in [6.07, 6.45) is -0.771. The summed E-state index contributed by atoms with van der Waals surface area (Å²) in [6.45, 7) is 0.316. The highest BCUT2D eigenvalue weighted by Crippen LogP contribution is 2.30. The average molecular weight is 302 g/mol. The molecule has 0 aromatic heterocycles. The second kappa shape index (κ2) is 5.35. The molecule has 0 aliphatic carbocycles. The number of ether oxygens (including phenoxy) is 1. The fraction of sp³-hybridized carbons (Fsp3) is 0.364.